The van der Waals surface area contributed by atoms with Gasteiger partial charge in [-0.3, -0.25) is 14.6 Å². The summed E-state index contributed by atoms with van der Waals surface area (Å²) in [5, 5.41) is 3.86. The summed E-state index contributed by atoms with van der Waals surface area (Å²) in [6, 6.07) is 0.137. The molecule has 0 bridgehead atoms. The first-order valence-corrected chi connectivity index (χ1v) is 8.18. The van der Waals surface area contributed by atoms with Crippen molar-refractivity contribution in [3.8, 4) is 0 Å². The second-order valence-electron chi connectivity index (χ2n) is 6.26. The summed E-state index contributed by atoms with van der Waals surface area (Å²) in [6.45, 7) is 10.0. The number of aromatic nitrogens is 2. The summed E-state index contributed by atoms with van der Waals surface area (Å²) in [6.07, 6.45) is 2.31. The zero-order chi connectivity index (χ0) is 15.5. The van der Waals surface area contributed by atoms with E-state index in [1.54, 1.807) is 0 Å². The van der Waals surface area contributed by atoms with E-state index in [4.69, 9.17) is 4.52 Å². The van der Waals surface area contributed by atoms with Gasteiger partial charge in [-0.25, -0.2) is 0 Å². The molecule has 0 saturated carbocycles. The van der Waals surface area contributed by atoms with Crippen LogP contribution in [0.2, 0.25) is 0 Å². The highest BCUT2D eigenvalue weighted by atomic mass is 16.5. The minimum Gasteiger partial charge on any atom is -0.342 e. The van der Waals surface area contributed by atoms with E-state index in [2.05, 4.69) is 26.9 Å². The quantitative estimate of drug-likeness (QED) is 0.815. The third-order valence-electron chi connectivity index (χ3n) is 4.67. The molecule has 0 aliphatic carbocycles. The lowest BCUT2D eigenvalue weighted by Gasteiger charge is -2.36. The molecule has 3 heterocycles. The lowest BCUT2D eigenvalue weighted by Crippen LogP contribution is -2.50. The van der Waals surface area contributed by atoms with Gasteiger partial charge in [0.25, 0.3) is 0 Å². The number of hydrogen-bond acceptors (Lipinski definition) is 6. The van der Waals surface area contributed by atoms with Crippen LogP contribution >= 0.6 is 0 Å². The first-order valence-electron chi connectivity index (χ1n) is 8.18. The monoisotopic (exact) mass is 307 g/mol. The normalized spacial score (nSPS) is 22.2. The average molecular weight is 307 g/mol. The minimum absolute atomic E-state index is 0.137. The van der Waals surface area contributed by atoms with Gasteiger partial charge in [-0.2, -0.15) is 4.98 Å². The fourth-order valence-electron chi connectivity index (χ4n) is 3.21. The van der Waals surface area contributed by atoms with Gasteiger partial charge in [0.1, 0.15) is 0 Å². The Balaban J connectivity index is 1.46. The fraction of sp³-hybridized carbons (Fsp3) is 0.800. The molecular formula is C15H25N5O2. The first-order chi connectivity index (χ1) is 10.6. The highest BCUT2D eigenvalue weighted by Gasteiger charge is 2.27. The van der Waals surface area contributed by atoms with Gasteiger partial charge in [-0.15, -0.1) is 0 Å². The van der Waals surface area contributed by atoms with E-state index < -0.39 is 0 Å². The van der Waals surface area contributed by atoms with E-state index in [9.17, 15) is 4.79 Å². The highest BCUT2D eigenvalue weighted by molar-refractivity contribution is 5.78. The molecule has 0 unspecified atom stereocenters. The molecule has 122 valence electrons. The smallest absolute Gasteiger partial charge is 0.243 e. The maximum Gasteiger partial charge on any atom is 0.243 e. The van der Waals surface area contributed by atoms with Crippen LogP contribution in [-0.4, -0.2) is 76.6 Å². The topological polar surface area (TPSA) is 65.7 Å². The van der Waals surface area contributed by atoms with Crippen molar-refractivity contribution in [3.63, 3.8) is 0 Å². The van der Waals surface area contributed by atoms with E-state index in [1.165, 1.54) is 0 Å². The maximum atomic E-state index is 12.2. The van der Waals surface area contributed by atoms with Crippen LogP contribution in [0.1, 0.15) is 37.5 Å². The van der Waals surface area contributed by atoms with Gasteiger partial charge in [0.15, 0.2) is 5.82 Å². The summed E-state index contributed by atoms with van der Waals surface area (Å²) in [5.41, 5.74) is 0. The van der Waals surface area contributed by atoms with E-state index in [1.807, 2.05) is 11.8 Å². The Morgan fingerprint density at radius 1 is 1.18 bits per heavy atom. The van der Waals surface area contributed by atoms with E-state index in [0.717, 1.165) is 52.1 Å². The number of amides is 1. The van der Waals surface area contributed by atoms with Crippen molar-refractivity contribution >= 4 is 5.91 Å². The lowest BCUT2D eigenvalue weighted by atomic mass is 10.2. The Morgan fingerprint density at radius 2 is 1.86 bits per heavy atom. The Bertz CT molecular complexity index is 504. The van der Waals surface area contributed by atoms with Crippen LogP contribution in [0.15, 0.2) is 4.52 Å². The molecule has 0 spiro atoms. The van der Waals surface area contributed by atoms with Gasteiger partial charge in [0, 0.05) is 39.3 Å². The molecule has 0 radical (unpaired) electrons. The Labute approximate surface area is 131 Å². The number of hydrogen-bond donors (Lipinski definition) is 0. The van der Waals surface area contributed by atoms with Gasteiger partial charge < -0.3 is 9.42 Å². The van der Waals surface area contributed by atoms with Crippen LogP contribution in [0.5, 0.6) is 0 Å². The van der Waals surface area contributed by atoms with Crippen LogP contribution in [0, 0.1) is 6.92 Å². The summed E-state index contributed by atoms with van der Waals surface area (Å²) in [7, 11) is 0. The molecule has 0 aromatic carbocycles. The number of piperazine rings is 1. The van der Waals surface area contributed by atoms with Crippen molar-refractivity contribution in [2.45, 2.75) is 32.7 Å². The van der Waals surface area contributed by atoms with Crippen LogP contribution in [0.3, 0.4) is 0 Å². The minimum atomic E-state index is 0.137. The van der Waals surface area contributed by atoms with Crippen molar-refractivity contribution in [1.29, 1.82) is 0 Å². The number of aryl methyl sites for hydroxylation is 1. The number of likely N-dealkylation sites (tertiary alicyclic amines) is 1. The molecule has 22 heavy (non-hydrogen) atoms. The van der Waals surface area contributed by atoms with Gasteiger partial charge in [-0.05, 0) is 26.7 Å². The number of nitrogens with zero attached hydrogens (tertiary/aromatic N) is 5. The van der Waals surface area contributed by atoms with Crippen LogP contribution < -0.4 is 0 Å². The second-order valence-corrected chi connectivity index (χ2v) is 6.26. The predicted molar refractivity (Wildman–Crippen MR) is 81.3 cm³/mol. The molecule has 1 amide bonds. The van der Waals surface area contributed by atoms with Crippen molar-refractivity contribution in [1.82, 2.24) is 24.8 Å². The Kier molecular flexibility index (Phi) is 4.73. The second kappa shape index (κ2) is 6.75. The maximum absolute atomic E-state index is 12.2. The number of carbonyl (C=O) groups is 1. The fourth-order valence-corrected chi connectivity index (χ4v) is 3.21. The van der Waals surface area contributed by atoms with Crippen molar-refractivity contribution in [2.24, 2.45) is 0 Å². The van der Waals surface area contributed by atoms with Gasteiger partial charge in [-0.1, -0.05) is 5.16 Å². The van der Waals surface area contributed by atoms with E-state index >= 15 is 0 Å². The molecule has 7 nitrogen and oxygen atoms in total. The molecule has 3 rings (SSSR count). The summed E-state index contributed by atoms with van der Waals surface area (Å²) in [4.78, 5) is 23.1. The van der Waals surface area contributed by atoms with Gasteiger partial charge in [0.2, 0.25) is 11.8 Å². The number of rotatable bonds is 4. The zero-order valence-corrected chi connectivity index (χ0v) is 13.5. The Morgan fingerprint density at radius 3 is 2.45 bits per heavy atom. The van der Waals surface area contributed by atoms with Crippen molar-refractivity contribution in [2.75, 3.05) is 45.8 Å². The molecule has 2 saturated heterocycles. The zero-order valence-electron chi connectivity index (χ0n) is 13.5. The molecule has 2 aliphatic rings. The third-order valence-corrected chi connectivity index (χ3v) is 4.67. The standard InChI is InChI=1S/C15H25N5O2/c1-12(15-16-13(2)17-22-15)19-9-7-18(8-10-19)11-14(21)20-5-3-4-6-20/h12H,3-11H2,1-2H3/t12-/m0/s1. The molecule has 0 N–H and O–H groups in total. The van der Waals surface area contributed by atoms with Crippen LogP contribution in [0.4, 0.5) is 0 Å². The van der Waals surface area contributed by atoms with Crippen molar-refractivity contribution < 1.29 is 9.32 Å². The number of carbonyl (C=O) groups excluding carboxylic acids is 1. The van der Waals surface area contributed by atoms with Crippen molar-refractivity contribution in [3.05, 3.63) is 11.7 Å². The summed E-state index contributed by atoms with van der Waals surface area (Å²) >= 11 is 0. The summed E-state index contributed by atoms with van der Waals surface area (Å²) < 4.78 is 5.26. The molecule has 2 fully saturated rings. The first kappa shape index (κ1) is 15.4. The Hall–Kier alpha value is -1.47. The molecular weight excluding hydrogens is 282 g/mol. The molecule has 1 aromatic heterocycles. The molecule has 1 aromatic rings. The largest absolute Gasteiger partial charge is 0.342 e. The summed E-state index contributed by atoms with van der Waals surface area (Å²) in [5.74, 6) is 1.64. The highest BCUT2D eigenvalue weighted by Crippen LogP contribution is 2.20. The van der Waals surface area contributed by atoms with Crippen LogP contribution in [0.25, 0.3) is 0 Å². The molecule has 7 heteroatoms. The molecule has 1 atom stereocenters. The van der Waals surface area contributed by atoms with E-state index in [-0.39, 0.29) is 11.9 Å². The molecule has 2 aliphatic heterocycles. The van der Waals surface area contributed by atoms with E-state index in [0.29, 0.717) is 18.3 Å². The van der Waals surface area contributed by atoms with Crippen LogP contribution in [-0.2, 0) is 4.79 Å². The van der Waals surface area contributed by atoms with Gasteiger partial charge >= 0.3 is 0 Å². The SMILES string of the molecule is Cc1noc([C@H](C)N2CCN(CC(=O)N3CCCC3)CC2)n1. The third kappa shape index (κ3) is 3.47. The lowest BCUT2D eigenvalue weighted by molar-refractivity contribution is -0.131. The van der Waals surface area contributed by atoms with Gasteiger partial charge in [0.05, 0.1) is 12.6 Å². The predicted octanol–water partition coefficient (Wildman–Crippen LogP) is 0.679. The average Bonchev–Trinajstić information content (AvgIpc) is 3.18.